The molecule has 1 amide bonds. The Hall–Kier alpha value is -3.29. The molecule has 0 radical (unpaired) electrons. The molecular formula is C32H34N2O5. The van der Waals surface area contributed by atoms with Crippen LogP contribution in [-0.4, -0.2) is 65.0 Å². The molecule has 3 fully saturated rings. The molecule has 3 aromatic carbocycles. The molecule has 5 aliphatic rings. The van der Waals surface area contributed by atoms with E-state index in [1.165, 1.54) is 12.8 Å². The highest BCUT2D eigenvalue weighted by Crippen LogP contribution is 2.65. The third-order valence-corrected chi connectivity index (χ3v) is 10.4. The number of carbonyl (C=O) groups is 1. The number of fused-ring (bicyclic) bond motifs is 1. The van der Waals surface area contributed by atoms with Crippen molar-refractivity contribution in [2.24, 2.45) is 5.92 Å². The van der Waals surface area contributed by atoms with Gasteiger partial charge in [-0.25, -0.2) is 0 Å². The monoisotopic (exact) mass is 526 g/mol. The normalized spacial score (nSPS) is 32.4. The molecule has 2 bridgehead atoms. The highest BCUT2D eigenvalue weighted by molar-refractivity contribution is 6.01. The maximum Gasteiger partial charge on any atom is 0.255 e. The van der Waals surface area contributed by atoms with Crippen LogP contribution in [0.2, 0.25) is 0 Å². The molecular weight excluding hydrogens is 492 g/mol. The highest BCUT2D eigenvalue weighted by Gasteiger charge is 2.73. The fourth-order valence-corrected chi connectivity index (χ4v) is 8.44. The minimum atomic E-state index is -0.973. The van der Waals surface area contributed by atoms with Crippen LogP contribution in [0.4, 0.5) is 0 Å². The number of carbonyl (C=O) groups excluding carboxylic acids is 1. The number of aromatic hydroxyl groups is 1. The van der Waals surface area contributed by atoms with Crippen molar-refractivity contribution in [1.82, 2.24) is 10.2 Å². The molecule has 3 aromatic rings. The van der Waals surface area contributed by atoms with Crippen molar-refractivity contribution in [2.45, 2.75) is 67.7 Å². The van der Waals surface area contributed by atoms with Crippen molar-refractivity contribution in [3.63, 3.8) is 0 Å². The van der Waals surface area contributed by atoms with E-state index in [0.29, 0.717) is 29.9 Å². The third kappa shape index (κ3) is 3.14. The summed E-state index contributed by atoms with van der Waals surface area (Å²) in [4.78, 5) is 16.3. The van der Waals surface area contributed by atoms with Gasteiger partial charge < -0.3 is 25.0 Å². The van der Waals surface area contributed by atoms with Crippen molar-refractivity contribution < 1.29 is 24.5 Å². The molecule has 2 aliphatic heterocycles. The summed E-state index contributed by atoms with van der Waals surface area (Å²) in [5.41, 5.74) is 0.972. The number of piperidine rings is 1. The molecule has 3 aliphatic carbocycles. The average molecular weight is 527 g/mol. The van der Waals surface area contributed by atoms with Gasteiger partial charge in [-0.05, 0) is 85.5 Å². The van der Waals surface area contributed by atoms with Crippen LogP contribution in [0.25, 0.3) is 10.8 Å². The van der Waals surface area contributed by atoms with Crippen LogP contribution < -0.4 is 14.8 Å². The summed E-state index contributed by atoms with van der Waals surface area (Å²) in [6.45, 7) is 1.92. The first-order valence-corrected chi connectivity index (χ1v) is 14.3. The van der Waals surface area contributed by atoms with E-state index in [1.807, 2.05) is 42.5 Å². The van der Waals surface area contributed by atoms with Crippen LogP contribution in [0.5, 0.6) is 17.2 Å². The Bertz CT molecular complexity index is 1520. The molecule has 1 saturated heterocycles. The highest BCUT2D eigenvalue weighted by atomic mass is 16.5. The number of rotatable bonds is 5. The summed E-state index contributed by atoms with van der Waals surface area (Å²) in [6.07, 6.45) is 4.77. The number of likely N-dealkylation sites (tertiary alicyclic amines) is 1. The van der Waals surface area contributed by atoms with Gasteiger partial charge in [0.2, 0.25) is 0 Å². The predicted octanol–water partition coefficient (Wildman–Crippen LogP) is 3.92. The number of phenolic OH excluding ortho intramolecular Hbond substituents is 1. The quantitative estimate of drug-likeness (QED) is 0.467. The number of hydrogen-bond donors (Lipinski definition) is 3. The lowest BCUT2D eigenvalue weighted by Crippen LogP contribution is -2.78. The van der Waals surface area contributed by atoms with Gasteiger partial charge in [0.05, 0.1) is 29.7 Å². The van der Waals surface area contributed by atoms with Gasteiger partial charge >= 0.3 is 0 Å². The second-order valence-electron chi connectivity index (χ2n) is 12.3. The standard InChI is InChI=1S/C32H34N2O5/c1-38-25-15-20-5-3-2-4-19(20)14-22(25)30(36)33-23-10-11-32(37)26-16-21-8-9-24(35)28-27(21)31(32,29(23)39-28)12-13-34(26)17-18-6-7-18/h2-5,8-9,14-15,18,23,26,29,35,37H,6-7,10-13,16-17H2,1H3,(H,33,36)/t23-,26-,29+,31+,32-/m1/s1. The molecule has 5 atom stereocenters. The first-order chi connectivity index (χ1) is 18.9. The summed E-state index contributed by atoms with van der Waals surface area (Å²) >= 11 is 0. The van der Waals surface area contributed by atoms with E-state index in [0.717, 1.165) is 53.7 Å². The van der Waals surface area contributed by atoms with Crippen molar-refractivity contribution in [1.29, 1.82) is 0 Å². The zero-order valence-electron chi connectivity index (χ0n) is 22.2. The number of nitrogens with one attached hydrogen (secondary N) is 1. The summed E-state index contributed by atoms with van der Waals surface area (Å²) < 4.78 is 12.2. The van der Waals surface area contributed by atoms with Crippen LogP contribution in [0, 0.1) is 5.92 Å². The Kier molecular flexibility index (Phi) is 4.91. The summed E-state index contributed by atoms with van der Waals surface area (Å²) in [6, 6.07) is 15.1. The van der Waals surface area contributed by atoms with E-state index in [4.69, 9.17) is 9.47 Å². The van der Waals surface area contributed by atoms with Gasteiger partial charge in [0.1, 0.15) is 11.9 Å². The SMILES string of the molecule is COc1cc2ccccc2cc1C(=O)N[C@@H]1CC[C@@]2(O)[C@H]3Cc4ccc(O)c5c4[C@@]2(CCN3CC2CC2)[C@H]1O5. The second kappa shape index (κ2) is 8.12. The van der Waals surface area contributed by atoms with Crippen molar-refractivity contribution in [3.05, 3.63) is 65.2 Å². The number of benzene rings is 3. The molecule has 7 heteroatoms. The Balaban J connectivity index is 1.18. The molecule has 7 nitrogen and oxygen atoms in total. The number of hydrogen-bond acceptors (Lipinski definition) is 6. The number of ether oxygens (including phenoxy) is 2. The molecule has 39 heavy (non-hydrogen) atoms. The number of aliphatic hydroxyl groups is 1. The van der Waals surface area contributed by atoms with Crippen LogP contribution in [-0.2, 0) is 11.8 Å². The van der Waals surface area contributed by atoms with Crippen LogP contribution in [0.3, 0.4) is 0 Å². The Morgan fingerprint density at radius 2 is 1.92 bits per heavy atom. The molecule has 8 rings (SSSR count). The maximum absolute atomic E-state index is 13.8. The van der Waals surface area contributed by atoms with E-state index in [-0.39, 0.29) is 23.7 Å². The van der Waals surface area contributed by atoms with Gasteiger partial charge in [0.15, 0.2) is 11.5 Å². The van der Waals surface area contributed by atoms with Gasteiger partial charge in [-0.3, -0.25) is 9.69 Å². The van der Waals surface area contributed by atoms with Gasteiger partial charge in [-0.2, -0.15) is 0 Å². The lowest BCUT2D eigenvalue weighted by Gasteiger charge is -2.64. The predicted molar refractivity (Wildman–Crippen MR) is 147 cm³/mol. The Morgan fingerprint density at radius 1 is 1.13 bits per heavy atom. The maximum atomic E-state index is 13.8. The van der Waals surface area contributed by atoms with Gasteiger partial charge in [0.25, 0.3) is 5.91 Å². The number of methoxy groups -OCH3 is 1. The van der Waals surface area contributed by atoms with Crippen LogP contribution in [0.1, 0.15) is 53.6 Å². The molecule has 1 spiro atoms. The topological polar surface area (TPSA) is 91.3 Å². The fourth-order valence-electron chi connectivity index (χ4n) is 8.44. The summed E-state index contributed by atoms with van der Waals surface area (Å²) in [5.74, 6) is 1.65. The average Bonchev–Trinajstić information content (AvgIpc) is 3.69. The number of amides is 1. The van der Waals surface area contributed by atoms with Gasteiger partial charge in [-0.15, -0.1) is 0 Å². The Labute approximate surface area is 227 Å². The minimum absolute atomic E-state index is 0.0122. The van der Waals surface area contributed by atoms with E-state index in [1.54, 1.807) is 13.2 Å². The van der Waals surface area contributed by atoms with Crippen molar-refractivity contribution in [3.8, 4) is 17.2 Å². The number of phenols is 1. The first-order valence-electron chi connectivity index (χ1n) is 14.3. The summed E-state index contributed by atoms with van der Waals surface area (Å²) in [5, 5.41) is 28.8. The van der Waals surface area contributed by atoms with E-state index in [9.17, 15) is 15.0 Å². The van der Waals surface area contributed by atoms with Crippen LogP contribution >= 0.6 is 0 Å². The van der Waals surface area contributed by atoms with Crippen molar-refractivity contribution in [2.75, 3.05) is 20.2 Å². The largest absolute Gasteiger partial charge is 0.504 e. The fraction of sp³-hybridized carbons (Fsp3) is 0.469. The molecule has 0 unspecified atom stereocenters. The zero-order chi connectivity index (χ0) is 26.5. The minimum Gasteiger partial charge on any atom is -0.504 e. The molecule has 3 N–H and O–H groups in total. The zero-order valence-corrected chi connectivity index (χ0v) is 22.2. The smallest absolute Gasteiger partial charge is 0.255 e. The lowest BCUT2D eigenvalue weighted by molar-refractivity contribution is -0.191. The van der Waals surface area contributed by atoms with E-state index >= 15 is 0 Å². The van der Waals surface area contributed by atoms with E-state index in [2.05, 4.69) is 10.2 Å². The molecule has 0 aromatic heterocycles. The van der Waals surface area contributed by atoms with Gasteiger partial charge in [0, 0.05) is 18.2 Å². The molecule has 202 valence electrons. The Morgan fingerprint density at radius 3 is 2.69 bits per heavy atom. The molecule has 2 saturated carbocycles. The molecule has 2 heterocycles. The third-order valence-electron chi connectivity index (χ3n) is 10.4. The van der Waals surface area contributed by atoms with Gasteiger partial charge in [-0.1, -0.05) is 30.3 Å². The van der Waals surface area contributed by atoms with Crippen molar-refractivity contribution >= 4 is 16.7 Å². The van der Waals surface area contributed by atoms with E-state index < -0.39 is 17.1 Å². The second-order valence-corrected chi connectivity index (χ2v) is 12.3. The summed E-state index contributed by atoms with van der Waals surface area (Å²) in [7, 11) is 1.58. The number of nitrogens with zero attached hydrogens (tertiary/aromatic N) is 1. The first kappa shape index (κ1) is 23.6. The van der Waals surface area contributed by atoms with Crippen LogP contribution in [0.15, 0.2) is 48.5 Å². The lowest BCUT2D eigenvalue weighted by atomic mass is 9.48.